The van der Waals surface area contributed by atoms with Crippen LogP contribution in [0.4, 0.5) is 0 Å². The normalized spacial score (nSPS) is 29.0. The van der Waals surface area contributed by atoms with E-state index >= 15 is 0 Å². The monoisotopic (exact) mass is 909 g/mol. The van der Waals surface area contributed by atoms with Gasteiger partial charge in [-0.15, -0.1) is 0 Å². The first-order valence-corrected chi connectivity index (χ1v) is 21.4. The van der Waals surface area contributed by atoms with Crippen molar-refractivity contribution in [1.29, 1.82) is 0 Å². The Hall–Kier alpha value is -6.61. The fourth-order valence-corrected chi connectivity index (χ4v) is 9.52. The average molecular weight is 910 g/mol. The van der Waals surface area contributed by atoms with E-state index in [-0.39, 0.29) is 58.1 Å². The fourth-order valence-electron chi connectivity index (χ4n) is 9.52. The van der Waals surface area contributed by atoms with Gasteiger partial charge in [-0.3, -0.25) is 10.4 Å². The molecule has 346 valence electrons. The maximum Gasteiger partial charge on any atom is 0.336 e. The SMILES string of the molecule is CCc1cc(O)cc(C2(Oc3c(O[C@@H]4O[C@H](C(=O)O)[C@]5(O)[C@H](C6=NC=NC6)C=C[C@@]4(O)[C@@H]5O)cc4c(c3O)C(O)=CC(c3ccc(O[C@H](CO)[C@H](O)C5=NC(=[NH2+])C=C5)cc3)O4)CCCC2)c1. The number of carboxylic acids is 1. The smallest absolute Gasteiger partial charge is 0.336 e. The van der Waals surface area contributed by atoms with Gasteiger partial charge in [0.2, 0.25) is 12.0 Å². The Kier molecular flexibility index (Phi) is 11.5. The lowest BCUT2D eigenvalue weighted by atomic mass is 9.64. The molecule has 9 atom stereocenters. The summed E-state index contributed by atoms with van der Waals surface area (Å²) in [5, 5.41) is 108. The number of ether oxygens (including phenoxy) is 5. The summed E-state index contributed by atoms with van der Waals surface area (Å²) in [5.74, 6) is -4.44. The number of phenols is 2. The van der Waals surface area contributed by atoms with Gasteiger partial charge in [-0.25, -0.2) is 9.79 Å². The molecule has 3 aromatic carbocycles. The van der Waals surface area contributed by atoms with E-state index in [1.165, 1.54) is 36.7 Å². The molecule has 6 aliphatic rings. The molecule has 0 aromatic heterocycles. The van der Waals surface area contributed by atoms with Crippen LogP contribution in [0.25, 0.3) is 5.76 Å². The van der Waals surface area contributed by atoms with Gasteiger partial charge in [-0.2, -0.15) is 0 Å². The van der Waals surface area contributed by atoms with Crippen molar-refractivity contribution < 1.29 is 79.8 Å². The predicted octanol–water partition coefficient (Wildman–Crippen LogP) is 1.49. The van der Waals surface area contributed by atoms with E-state index in [9.17, 15) is 50.8 Å². The molecule has 2 fully saturated rings. The van der Waals surface area contributed by atoms with Crippen LogP contribution < -0.4 is 24.4 Å². The van der Waals surface area contributed by atoms with E-state index < -0.39 is 83.6 Å². The van der Waals surface area contributed by atoms with Gasteiger partial charge < -0.3 is 69.6 Å². The minimum Gasteiger partial charge on any atom is -0.508 e. The number of amidine groups is 1. The largest absolute Gasteiger partial charge is 0.508 e. The summed E-state index contributed by atoms with van der Waals surface area (Å²) in [6.07, 6.45) is 0.944. The number of rotatable bonds is 14. The van der Waals surface area contributed by atoms with Gasteiger partial charge in [0.15, 0.2) is 41.1 Å². The maximum absolute atomic E-state index is 12.9. The molecule has 0 amide bonds. The Morgan fingerprint density at radius 3 is 2.45 bits per heavy atom. The molecule has 1 unspecified atom stereocenters. The molecule has 66 heavy (non-hydrogen) atoms. The summed E-state index contributed by atoms with van der Waals surface area (Å²) in [6, 6.07) is 12.7. The van der Waals surface area contributed by atoms with Crippen molar-refractivity contribution in [3.05, 3.63) is 101 Å². The zero-order valence-corrected chi connectivity index (χ0v) is 35.5. The third kappa shape index (κ3) is 7.56. The molecule has 0 spiro atoms. The number of nitrogens with two attached hydrogens (primary N) is 1. The van der Waals surface area contributed by atoms with Gasteiger partial charge in [0.1, 0.15) is 58.3 Å². The molecule has 19 heteroatoms. The summed E-state index contributed by atoms with van der Waals surface area (Å²) < 4.78 is 31.3. The minimum absolute atomic E-state index is 0.00283. The molecule has 9 rings (SSSR count). The number of aromatic hydroxyl groups is 2. The quantitative estimate of drug-likeness (QED) is 0.103. The first-order valence-electron chi connectivity index (χ1n) is 21.4. The van der Waals surface area contributed by atoms with Crippen molar-refractivity contribution in [1.82, 2.24) is 0 Å². The summed E-state index contributed by atoms with van der Waals surface area (Å²) in [4.78, 5) is 25.1. The molecule has 11 N–H and O–H groups in total. The number of aliphatic hydroxyl groups excluding tert-OH is 4. The lowest BCUT2D eigenvalue weighted by Crippen LogP contribution is -2.78. The van der Waals surface area contributed by atoms with Gasteiger partial charge in [0, 0.05) is 18.2 Å². The number of nitrogens with zero attached hydrogens (tertiary/aromatic N) is 3. The Bertz CT molecular complexity index is 2640. The highest BCUT2D eigenvalue weighted by Crippen LogP contribution is 2.56. The predicted molar refractivity (Wildman–Crippen MR) is 234 cm³/mol. The Labute approximate surface area is 376 Å². The van der Waals surface area contributed by atoms with Crippen LogP contribution in [0.5, 0.6) is 34.5 Å². The number of carbonyl (C=O) groups is 1. The number of phenolic OH excluding ortho intramolecular Hbond substituents is 2. The van der Waals surface area contributed by atoms with E-state index in [1.807, 2.05) is 13.0 Å². The zero-order valence-electron chi connectivity index (χ0n) is 35.5. The van der Waals surface area contributed by atoms with Crippen LogP contribution in [0.2, 0.25) is 0 Å². The number of aliphatic imine (C=N–C) groups is 3. The van der Waals surface area contributed by atoms with Crippen molar-refractivity contribution in [3.63, 3.8) is 0 Å². The second kappa shape index (κ2) is 17.0. The van der Waals surface area contributed by atoms with Gasteiger partial charge in [0.25, 0.3) is 0 Å². The van der Waals surface area contributed by atoms with E-state index in [4.69, 9.17) is 29.1 Å². The molecule has 3 aromatic rings. The second-order valence-electron chi connectivity index (χ2n) is 17.1. The van der Waals surface area contributed by atoms with Gasteiger partial charge in [0.05, 0.1) is 24.8 Å². The molecular weight excluding hydrogens is 861 g/mol. The maximum atomic E-state index is 12.9. The molecule has 4 aliphatic heterocycles. The molecule has 0 radical (unpaired) electrons. The molecule has 19 nitrogen and oxygen atoms in total. The first kappa shape index (κ1) is 44.6. The van der Waals surface area contributed by atoms with Crippen LogP contribution in [-0.2, 0) is 21.6 Å². The van der Waals surface area contributed by atoms with Gasteiger partial charge >= 0.3 is 11.8 Å². The Morgan fingerprint density at radius 2 is 1.80 bits per heavy atom. The summed E-state index contributed by atoms with van der Waals surface area (Å²) >= 11 is 0. The van der Waals surface area contributed by atoms with E-state index in [1.54, 1.807) is 36.4 Å². The van der Waals surface area contributed by atoms with Gasteiger partial charge in [-0.05, 0) is 90.2 Å². The molecule has 2 aliphatic carbocycles. The molecular formula is C47H49N4O15+. The number of hydrogen-bond donors (Lipinski definition) is 10. The van der Waals surface area contributed by atoms with Crippen LogP contribution in [0.15, 0.2) is 93.9 Å². The third-order valence-electron chi connectivity index (χ3n) is 13.0. The van der Waals surface area contributed by atoms with Crippen LogP contribution in [0, 0.1) is 5.92 Å². The highest BCUT2D eigenvalue weighted by molar-refractivity contribution is 6.15. The fraction of sp³-hybridized carbons (Fsp3) is 0.383. The molecule has 1 saturated carbocycles. The van der Waals surface area contributed by atoms with Crippen molar-refractivity contribution in [2.24, 2.45) is 20.9 Å². The van der Waals surface area contributed by atoms with Crippen molar-refractivity contribution in [2.45, 2.75) is 92.6 Å². The number of aryl methyl sites for hydroxylation is 1. The highest BCUT2D eigenvalue weighted by Gasteiger charge is 2.70. The Morgan fingerprint density at radius 1 is 1.05 bits per heavy atom. The van der Waals surface area contributed by atoms with Crippen LogP contribution in [0.1, 0.15) is 61.0 Å². The number of aliphatic carboxylic acids is 1. The molecule has 2 bridgehead atoms. The highest BCUT2D eigenvalue weighted by atomic mass is 16.7. The Balaban J connectivity index is 1.09. The summed E-state index contributed by atoms with van der Waals surface area (Å²) in [5.41, 5.74) is -4.31. The molecule has 1 saturated heterocycles. The van der Waals surface area contributed by atoms with Crippen molar-refractivity contribution >= 4 is 35.3 Å². The summed E-state index contributed by atoms with van der Waals surface area (Å²) in [6.45, 7) is 1.38. The number of aliphatic hydroxyl groups is 6. The molecule has 4 heterocycles. The van der Waals surface area contributed by atoms with E-state index in [2.05, 4.69) is 15.0 Å². The topological polar surface area (TPSA) is 308 Å². The minimum atomic E-state index is -2.65. The van der Waals surface area contributed by atoms with Crippen molar-refractivity contribution in [3.8, 4) is 34.5 Å². The summed E-state index contributed by atoms with van der Waals surface area (Å²) in [7, 11) is 0. The lowest BCUT2D eigenvalue weighted by Gasteiger charge is -2.55. The van der Waals surface area contributed by atoms with Crippen molar-refractivity contribution in [2.75, 3.05) is 13.2 Å². The zero-order chi connectivity index (χ0) is 46.7. The lowest BCUT2D eigenvalue weighted by molar-refractivity contribution is -0.337. The number of carboxylic acid groups (broad SMARTS) is 1. The average Bonchev–Trinajstić information content (AvgIpc) is 4.10. The van der Waals surface area contributed by atoms with Gasteiger partial charge in [-0.1, -0.05) is 31.2 Å². The van der Waals surface area contributed by atoms with E-state index in [0.29, 0.717) is 43.2 Å². The van der Waals surface area contributed by atoms with Crippen LogP contribution in [-0.4, -0.2) is 131 Å². The van der Waals surface area contributed by atoms with E-state index in [0.717, 1.165) is 11.6 Å². The number of hydrogen-bond acceptors (Lipinski definition) is 16. The first-order chi connectivity index (χ1) is 31.6. The number of benzene rings is 3. The number of fused-ring (bicyclic) bond motifs is 3. The van der Waals surface area contributed by atoms with Crippen LogP contribution >= 0.6 is 0 Å². The van der Waals surface area contributed by atoms with Crippen LogP contribution in [0.3, 0.4) is 0 Å². The second-order valence-corrected chi connectivity index (χ2v) is 17.1. The third-order valence-corrected chi connectivity index (χ3v) is 13.0. The standard InChI is InChI=1S/C47H48N4O15/c1-2-23-15-25(17-26(53)16-23)45(12-3-4-13-45)66-40-34(64-44-46(60)14-11-28(30-20-49-22-50-30)47(61,43(46)59)41(65-44)42(57)58)19-33-37(39(40)56)31(54)18-32(63-33)24-5-7-27(8-6-24)62-35(21-52)38(55)29-9-10-36(48)51-29/h5-11,14-19,22,28,32,35,38,41,43-44,48,52-56,59-61H,2-4,12-13,20-21H2,1H3,(H,57,58)/p+1/t28-,32?,35+,38+,41+,43-,44+,46+,47+/m0/s1.